The lowest BCUT2D eigenvalue weighted by Crippen LogP contribution is -2.08. The number of benzene rings is 1. The largest absolute Gasteiger partial charge is 0.416 e. The van der Waals surface area contributed by atoms with Crippen molar-refractivity contribution in [2.24, 2.45) is 0 Å². The maximum Gasteiger partial charge on any atom is 0.416 e. The van der Waals surface area contributed by atoms with E-state index in [0.717, 1.165) is 18.4 Å². The maximum absolute atomic E-state index is 12.9. The molecule has 0 spiro atoms. The molecule has 0 bridgehead atoms. The van der Waals surface area contributed by atoms with Crippen molar-refractivity contribution in [3.63, 3.8) is 0 Å². The number of rotatable bonds is 4. The van der Waals surface area contributed by atoms with Crippen LogP contribution in [0.3, 0.4) is 0 Å². The van der Waals surface area contributed by atoms with E-state index in [0.29, 0.717) is 12.6 Å². The van der Waals surface area contributed by atoms with Crippen molar-refractivity contribution in [1.29, 1.82) is 0 Å². The van der Waals surface area contributed by atoms with Gasteiger partial charge in [-0.3, -0.25) is 0 Å². The Balaban J connectivity index is 2.61. The molecule has 5 nitrogen and oxygen atoms in total. The van der Waals surface area contributed by atoms with E-state index >= 15 is 0 Å². The van der Waals surface area contributed by atoms with Crippen LogP contribution >= 0.6 is 0 Å². The highest BCUT2D eigenvalue weighted by Crippen LogP contribution is 2.33. The molecule has 0 aliphatic heterocycles. The van der Waals surface area contributed by atoms with Crippen LogP contribution in [0.1, 0.15) is 5.56 Å². The van der Waals surface area contributed by atoms with Gasteiger partial charge < -0.3 is 0 Å². The van der Waals surface area contributed by atoms with Crippen molar-refractivity contribution in [2.45, 2.75) is 17.6 Å². The molecule has 9 heteroatoms. The smallest absolute Gasteiger partial charge is 0.249 e. The number of hydrogen-bond donors (Lipinski definition) is 0. The molecule has 0 aliphatic carbocycles. The number of alkyl halides is 3. The normalized spacial score (nSPS) is 12.4. The Morgan fingerprint density at radius 2 is 2.00 bits per heavy atom. The third-order valence-electron chi connectivity index (χ3n) is 2.77. The van der Waals surface area contributed by atoms with Gasteiger partial charge >= 0.3 is 6.18 Å². The van der Waals surface area contributed by atoms with Crippen molar-refractivity contribution in [2.75, 3.05) is 6.26 Å². The number of sulfone groups is 1. The van der Waals surface area contributed by atoms with Crippen LogP contribution in [0.25, 0.3) is 11.4 Å². The van der Waals surface area contributed by atoms with Gasteiger partial charge in [-0.2, -0.15) is 18.3 Å². The van der Waals surface area contributed by atoms with Crippen molar-refractivity contribution < 1.29 is 21.6 Å². The molecular weight excluding hydrogens is 319 g/mol. The third-order valence-corrected chi connectivity index (χ3v) is 3.86. The van der Waals surface area contributed by atoms with Gasteiger partial charge in [-0.25, -0.2) is 18.1 Å². The van der Waals surface area contributed by atoms with E-state index in [1.54, 1.807) is 6.08 Å². The molecule has 118 valence electrons. The van der Waals surface area contributed by atoms with Crippen LogP contribution in [0.4, 0.5) is 13.2 Å². The molecule has 0 radical (unpaired) electrons. The summed E-state index contributed by atoms with van der Waals surface area (Å²) in [5.41, 5.74) is -1.08. The summed E-state index contributed by atoms with van der Waals surface area (Å²) in [7, 11) is -3.80. The van der Waals surface area contributed by atoms with Gasteiger partial charge in [0.2, 0.25) is 0 Å². The Kier molecular flexibility index (Phi) is 4.10. The zero-order valence-corrected chi connectivity index (χ0v) is 12.3. The van der Waals surface area contributed by atoms with Crippen LogP contribution in [0.2, 0.25) is 0 Å². The predicted molar refractivity (Wildman–Crippen MR) is 73.8 cm³/mol. The monoisotopic (exact) mass is 331 g/mol. The fraction of sp³-hybridized carbons (Fsp3) is 0.231. The topological polar surface area (TPSA) is 64.8 Å². The van der Waals surface area contributed by atoms with Gasteiger partial charge in [0.05, 0.1) is 17.0 Å². The summed E-state index contributed by atoms with van der Waals surface area (Å²) in [5, 5.41) is 3.99. The molecule has 2 aromatic rings. The predicted octanol–water partition coefficient (Wildman–Crippen LogP) is 2.55. The fourth-order valence-corrected chi connectivity index (χ4v) is 2.44. The van der Waals surface area contributed by atoms with Crippen LogP contribution in [0.15, 0.2) is 42.1 Å². The average molecular weight is 331 g/mol. The summed E-state index contributed by atoms with van der Waals surface area (Å²) >= 11 is 0. The zero-order chi connectivity index (χ0) is 16.5. The summed E-state index contributed by atoms with van der Waals surface area (Å²) in [4.78, 5) is 3.46. The molecule has 1 heterocycles. The van der Waals surface area contributed by atoms with E-state index in [-0.39, 0.29) is 11.4 Å². The highest BCUT2D eigenvalue weighted by Gasteiger charge is 2.32. The second kappa shape index (κ2) is 5.56. The molecule has 2 rings (SSSR count). The molecule has 1 aromatic carbocycles. The highest BCUT2D eigenvalue weighted by molar-refractivity contribution is 7.90. The first kappa shape index (κ1) is 16.2. The molecule has 22 heavy (non-hydrogen) atoms. The Hall–Kier alpha value is -2.16. The van der Waals surface area contributed by atoms with Gasteiger partial charge in [0, 0.05) is 11.8 Å². The molecule has 0 atom stereocenters. The van der Waals surface area contributed by atoms with E-state index < -0.39 is 26.5 Å². The van der Waals surface area contributed by atoms with E-state index in [2.05, 4.69) is 16.7 Å². The number of allylic oxidation sites excluding steroid dienone is 1. The van der Waals surface area contributed by atoms with Gasteiger partial charge in [-0.15, -0.1) is 6.58 Å². The molecule has 0 saturated carbocycles. The first-order valence-electron chi connectivity index (χ1n) is 6.04. The van der Waals surface area contributed by atoms with Crippen molar-refractivity contribution in [3.05, 3.63) is 42.7 Å². The highest BCUT2D eigenvalue weighted by atomic mass is 32.2. The second-order valence-corrected chi connectivity index (χ2v) is 6.61. The Bertz CT molecular complexity index is 810. The average Bonchev–Trinajstić information content (AvgIpc) is 2.85. The standard InChI is InChI=1S/C13H12F3N3O2S/c1-3-4-19-8-17-12(18-19)9-5-10(13(14,15)16)7-11(6-9)22(2,20)21/h3,5-8H,1,4H2,2H3. The zero-order valence-electron chi connectivity index (χ0n) is 11.5. The summed E-state index contributed by atoms with van der Waals surface area (Å²) in [6.45, 7) is 3.85. The molecule has 0 N–H and O–H groups in total. The van der Waals surface area contributed by atoms with Crippen LogP contribution in [-0.4, -0.2) is 29.4 Å². The summed E-state index contributed by atoms with van der Waals surface area (Å²) < 4.78 is 63.3. The van der Waals surface area contributed by atoms with Gasteiger partial charge in [-0.05, 0) is 18.2 Å². The van der Waals surface area contributed by atoms with Gasteiger partial charge in [-0.1, -0.05) is 6.08 Å². The van der Waals surface area contributed by atoms with Crippen molar-refractivity contribution in [1.82, 2.24) is 14.8 Å². The van der Waals surface area contributed by atoms with Gasteiger partial charge in [0.25, 0.3) is 0 Å². The second-order valence-electron chi connectivity index (χ2n) is 4.59. The van der Waals surface area contributed by atoms with Crippen LogP contribution < -0.4 is 0 Å². The molecular formula is C13H12F3N3O2S. The van der Waals surface area contributed by atoms with E-state index in [1.165, 1.54) is 11.0 Å². The Morgan fingerprint density at radius 3 is 2.55 bits per heavy atom. The number of aromatic nitrogens is 3. The van der Waals surface area contributed by atoms with Gasteiger partial charge in [0.1, 0.15) is 6.33 Å². The lowest BCUT2D eigenvalue weighted by Gasteiger charge is -2.10. The molecule has 0 saturated heterocycles. The first-order chi connectivity index (χ1) is 10.1. The minimum Gasteiger partial charge on any atom is -0.249 e. The SMILES string of the molecule is C=CCn1cnc(-c2cc(C(F)(F)F)cc(S(C)(=O)=O)c2)n1. The van der Waals surface area contributed by atoms with Crippen molar-refractivity contribution in [3.8, 4) is 11.4 Å². The lowest BCUT2D eigenvalue weighted by atomic mass is 10.1. The first-order valence-corrected chi connectivity index (χ1v) is 7.93. The summed E-state index contributed by atoms with van der Waals surface area (Å²) in [6, 6.07) is 2.54. The van der Waals surface area contributed by atoms with Crippen LogP contribution in [0.5, 0.6) is 0 Å². The summed E-state index contributed by atoms with van der Waals surface area (Å²) in [6.07, 6.45) is -0.945. The van der Waals surface area contributed by atoms with Crippen LogP contribution in [0, 0.1) is 0 Å². The molecule has 0 unspecified atom stereocenters. The Morgan fingerprint density at radius 1 is 1.32 bits per heavy atom. The van der Waals surface area contributed by atoms with E-state index in [9.17, 15) is 21.6 Å². The molecule has 0 amide bonds. The third kappa shape index (κ3) is 3.53. The molecule has 1 aromatic heterocycles. The van der Waals surface area contributed by atoms with E-state index in [1.807, 2.05) is 0 Å². The number of hydrogen-bond acceptors (Lipinski definition) is 4. The fourth-order valence-electron chi connectivity index (χ4n) is 1.75. The quantitative estimate of drug-likeness (QED) is 0.808. The Labute approximate surface area is 125 Å². The van der Waals surface area contributed by atoms with E-state index in [4.69, 9.17) is 0 Å². The minimum absolute atomic E-state index is 0.0119. The van der Waals surface area contributed by atoms with Crippen molar-refractivity contribution >= 4 is 9.84 Å². The van der Waals surface area contributed by atoms with Crippen LogP contribution in [-0.2, 0) is 22.6 Å². The maximum atomic E-state index is 12.9. The summed E-state index contributed by atoms with van der Waals surface area (Å²) in [5.74, 6) is 0.0119. The van der Waals surface area contributed by atoms with Gasteiger partial charge in [0.15, 0.2) is 15.7 Å². The number of halogens is 3. The minimum atomic E-state index is -4.67. The molecule has 0 aliphatic rings. The lowest BCUT2D eigenvalue weighted by molar-refractivity contribution is -0.137. The molecule has 0 fully saturated rings. The number of nitrogens with zero attached hydrogens (tertiary/aromatic N) is 3.